The molecule has 1 aromatic carbocycles. The number of nitrogens with zero attached hydrogens (tertiary/aromatic N) is 2. The van der Waals surface area contributed by atoms with Crippen LogP contribution in [0.5, 0.6) is 0 Å². The quantitative estimate of drug-likeness (QED) is 0.775. The first-order valence-electron chi connectivity index (χ1n) is 6.54. The molecule has 1 atom stereocenters. The van der Waals surface area contributed by atoms with Gasteiger partial charge in [0.25, 0.3) is 0 Å². The zero-order valence-corrected chi connectivity index (χ0v) is 11.5. The summed E-state index contributed by atoms with van der Waals surface area (Å²) in [4.78, 5) is 12.3. The van der Waals surface area contributed by atoms with Gasteiger partial charge >= 0.3 is 0 Å². The van der Waals surface area contributed by atoms with Crippen molar-refractivity contribution in [3.05, 3.63) is 36.0 Å². The summed E-state index contributed by atoms with van der Waals surface area (Å²) in [5.74, 6) is 0.628. The molecule has 3 rings (SSSR count). The molecule has 0 bridgehead atoms. The normalized spacial score (nSPS) is 16.8. The Morgan fingerprint density at radius 2 is 2.15 bits per heavy atom. The average molecular weight is 271 g/mol. The lowest BCUT2D eigenvalue weighted by atomic mass is 10.1. The number of rotatable bonds is 2. The summed E-state index contributed by atoms with van der Waals surface area (Å²) >= 11 is 0. The predicted molar refractivity (Wildman–Crippen MR) is 78.9 cm³/mol. The van der Waals surface area contributed by atoms with Crippen LogP contribution in [0.1, 0.15) is 5.69 Å². The standard InChI is InChI=1S/C14H17N5O/c1-9-7-13(19(2)18-9)17-14(20)12-8-15-10-5-3-4-6-11(10)16-12/h3-7,12,15-16H,8H2,1-2H3,(H,17,20). The van der Waals surface area contributed by atoms with Gasteiger partial charge in [0.2, 0.25) is 5.91 Å². The van der Waals surface area contributed by atoms with Crippen molar-refractivity contribution < 1.29 is 4.79 Å². The first-order chi connectivity index (χ1) is 9.63. The van der Waals surface area contributed by atoms with E-state index in [0.29, 0.717) is 12.4 Å². The minimum Gasteiger partial charge on any atom is -0.381 e. The Kier molecular flexibility index (Phi) is 3.06. The molecule has 1 aliphatic heterocycles. The summed E-state index contributed by atoms with van der Waals surface area (Å²) in [5, 5.41) is 13.6. The zero-order valence-electron chi connectivity index (χ0n) is 11.5. The predicted octanol–water partition coefficient (Wildman–Crippen LogP) is 1.57. The van der Waals surface area contributed by atoms with Gasteiger partial charge in [0, 0.05) is 19.7 Å². The summed E-state index contributed by atoms with van der Waals surface area (Å²) < 4.78 is 1.66. The van der Waals surface area contributed by atoms with E-state index in [1.54, 1.807) is 4.68 Å². The van der Waals surface area contributed by atoms with Crippen molar-refractivity contribution in [3.63, 3.8) is 0 Å². The molecule has 1 unspecified atom stereocenters. The summed E-state index contributed by atoms with van der Waals surface area (Å²) in [5.41, 5.74) is 2.84. The smallest absolute Gasteiger partial charge is 0.249 e. The highest BCUT2D eigenvalue weighted by Crippen LogP contribution is 2.25. The van der Waals surface area contributed by atoms with Gasteiger partial charge < -0.3 is 16.0 Å². The Balaban J connectivity index is 1.72. The van der Waals surface area contributed by atoms with E-state index in [2.05, 4.69) is 21.0 Å². The van der Waals surface area contributed by atoms with E-state index in [4.69, 9.17) is 0 Å². The Morgan fingerprint density at radius 3 is 2.85 bits per heavy atom. The minimum absolute atomic E-state index is 0.0741. The molecule has 104 valence electrons. The maximum atomic E-state index is 12.3. The number of carbonyl (C=O) groups excluding carboxylic acids is 1. The molecule has 0 spiro atoms. The van der Waals surface area contributed by atoms with Crippen LogP contribution < -0.4 is 16.0 Å². The van der Waals surface area contributed by atoms with E-state index in [-0.39, 0.29) is 11.9 Å². The number of para-hydroxylation sites is 2. The second kappa shape index (κ2) is 4.88. The number of fused-ring (bicyclic) bond motifs is 1. The van der Waals surface area contributed by atoms with Gasteiger partial charge in [-0.3, -0.25) is 9.48 Å². The third-order valence-corrected chi connectivity index (χ3v) is 3.32. The van der Waals surface area contributed by atoms with E-state index in [9.17, 15) is 4.79 Å². The fraction of sp³-hybridized carbons (Fsp3) is 0.286. The molecule has 0 fully saturated rings. The average Bonchev–Trinajstić information content (AvgIpc) is 2.76. The molecule has 0 saturated heterocycles. The minimum atomic E-state index is -0.305. The van der Waals surface area contributed by atoms with Crippen molar-refractivity contribution in [1.29, 1.82) is 0 Å². The van der Waals surface area contributed by atoms with Gasteiger partial charge in [-0.25, -0.2) is 0 Å². The Hall–Kier alpha value is -2.50. The van der Waals surface area contributed by atoms with Gasteiger partial charge in [0.05, 0.1) is 17.1 Å². The highest BCUT2D eigenvalue weighted by Gasteiger charge is 2.24. The zero-order chi connectivity index (χ0) is 14.1. The topological polar surface area (TPSA) is 71.0 Å². The van der Waals surface area contributed by atoms with Crippen molar-refractivity contribution in [3.8, 4) is 0 Å². The van der Waals surface area contributed by atoms with E-state index in [1.165, 1.54) is 0 Å². The lowest BCUT2D eigenvalue weighted by Crippen LogP contribution is -2.43. The second-order valence-corrected chi connectivity index (χ2v) is 4.91. The second-order valence-electron chi connectivity index (χ2n) is 4.91. The van der Waals surface area contributed by atoms with Crippen LogP contribution in [0.3, 0.4) is 0 Å². The molecule has 0 radical (unpaired) electrons. The SMILES string of the molecule is Cc1cc(NC(=O)C2CNc3ccccc3N2)n(C)n1. The monoisotopic (exact) mass is 271 g/mol. The maximum absolute atomic E-state index is 12.3. The van der Waals surface area contributed by atoms with E-state index < -0.39 is 0 Å². The van der Waals surface area contributed by atoms with Crippen molar-refractivity contribution in [2.24, 2.45) is 7.05 Å². The third-order valence-electron chi connectivity index (χ3n) is 3.32. The molecule has 2 aromatic rings. The van der Waals surface area contributed by atoms with Crippen LogP contribution in [-0.4, -0.2) is 28.3 Å². The van der Waals surface area contributed by atoms with Gasteiger partial charge in [0.1, 0.15) is 11.9 Å². The number of hydrogen-bond acceptors (Lipinski definition) is 4. The first-order valence-corrected chi connectivity index (χ1v) is 6.54. The number of amides is 1. The third kappa shape index (κ3) is 2.32. The van der Waals surface area contributed by atoms with Crippen LogP contribution in [0.15, 0.2) is 30.3 Å². The van der Waals surface area contributed by atoms with Gasteiger partial charge in [-0.05, 0) is 19.1 Å². The van der Waals surface area contributed by atoms with Crippen LogP contribution >= 0.6 is 0 Å². The van der Waals surface area contributed by atoms with Crippen LogP contribution in [0.4, 0.5) is 17.2 Å². The van der Waals surface area contributed by atoms with Crippen LogP contribution in [0.25, 0.3) is 0 Å². The molecule has 2 heterocycles. The number of anilines is 3. The van der Waals surface area contributed by atoms with E-state index in [0.717, 1.165) is 17.1 Å². The number of carbonyl (C=O) groups is 1. The van der Waals surface area contributed by atoms with Gasteiger partial charge in [-0.1, -0.05) is 12.1 Å². The number of hydrogen-bond donors (Lipinski definition) is 3. The Bertz CT molecular complexity index is 649. The molecular weight excluding hydrogens is 254 g/mol. The molecule has 1 aromatic heterocycles. The van der Waals surface area contributed by atoms with E-state index >= 15 is 0 Å². The summed E-state index contributed by atoms with van der Waals surface area (Å²) in [7, 11) is 1.81. The number of nitrogens with one attached hydrogen (secondary N) is 3. The molecule has 6 nitrogen and oxygen atoms in total. The van der Waals surface area contributed by atoms with Crippen LogP contribution in [0.2, 0.25) is 0 Å². The fourth-order valence-electron chi connectivity index (χ4n) is 2.31. The summed E-state index contributed by atoms with van der Waals surface area (Å²) in [6, 6.07) is 9.39. The van der Waals surface area contributed by atoms with E-state index in [1.807, 2.05) is 44.3 Å². The van der Waals surface area contributed by atoms with Crippen molar-refractivity contribution in [1.82, 2.24) is 9.78 Å². The highest BCUT2D eigenvalue weighted by molar-refractivity contribution is 5.97. The van der Waals surface area contributed by atoms with Crippen molar-refractivity contribution >= 4 is 23.1 Å². The molecular formula is C14H17N5O. The van der Waals surface area contributed by atoms with Gasteiger partial charge in [-0.2, -0.15) is 5.10 Å². The molecule has 1 aliphatic rings. The Morgan fingerprint density at radius 1 is 1.40 bits per heavy atom. The Labute approximate surface area is 117 Å². The molecule has 0 saturated carbocycles. The summed E-state index contributed by atoms with van der Waals surface area (Å²) in [6.45, 7) is 2.45. The fourth-order valence-corrected chi connectivity index (χ4v) is 2.31. The van der Waals surface area contributed by atoms with Crippen molar-refractivity contribution in [2.45, 2.75) is 13.0 Å². The molecule has 1 amide bonds. The number of aromatic nitrogens is 2. The molecule has 6 heteroatoms. The largest absolute Gasteiger partial charge is 0.381 e. The number of benzene rings is 1. The lowest BCUT2D eigenvalue weighted by Gasteiger charge is -2.27. The molecule has 20 heavy (non-hydrogen) atoms. The summed E-state index contributed by atoms with van der Waals surface area (Å²) in [6.07, 6.45) is 0. The van der Waals surface area contributed by atoms with Gasteiger partial charge in [0.15, 0.2) is 0 Å². The molecule has 3 N–H and O–H groups in total. The maximum Gasteiger partial charge on any atom is 0.249 e. The van der Waals surface area contributed by atoms with Crippen LogP contribution in [-0.2, 0) is 11.8 Å². The van der Waals surface area contributed by atoms with Crippen molar-refractivity contribution in [2.75, 3.05) is 22.5 Å². The number of aryl methyl sites for hydroxylation is 2. The first kappa shape index (κ1) is 12.5. The molecule has 0 aliphatic carbocycles. The van der Waals surface area contributed by atoms with Gasteiger partial charge in [-0.15, -0.1) is 0 Å². The lowest BCUT2D eigenvalue weighted by molar-refractivity contribution is -0.116. The van der Waals surface area contributed by atoms with Crippen LogP contribution in [0, 0.1) is 6.92 Å². The highest BCUT2D eigenvalue weighted by atomic mass is 16.2.